The van der Waals surface area contributed by atoms with Gasteiger partial charge < -0.3 is 10.2 Å². The Balaban J connectivity index is 1.43. The number of imidazole rings is 1. The second kappa shape index (κ2) is 7.80. The minimum absolute atomic E-state index is 0.0652. The first-order valence-corrected chi connectivity index (χ1v) is 9.55. The van der Waals surface area contributed by atoms with Crippen LogP contribution in [0.5, 0.6) is 0 Å². The molecule has 1 amide bonds. The van der Waals surface area contributed by atoms with E-state index in [-0.39, 0.29) is 11.8 Å². The molecule has 1 aliphatic heterocycles. The van der Waals surface area contributed by atoms with E-state index in [0.717, 1.165) is 42.3 Å². The Hall–Kier alpha value is -3.22. The first-order valence-electron chi connectivity index (χ1n) is 9.55. The minimum atomic E-state index is -0.0652. The Morgan fingerprint density at radius 2 is 1.96 bits per heavy atom. The summed E-state index contributed by atoms with van der Waals surface area (Å²) in [5.74, 6) is 1.53. The predicted octanol–water partition coefficient (Wildman–Crippen LogP) is 3.13. The van der Waals surface area contributed by atoms with Crippen molar-refractivity contribution in [3.63, 3.8) is 0 Å². The molecule has 4 rings (SSSR count). The number of benzene rings is 1. The van der Waals surface area contributed by atoms with E-state index in [1.165, 1.54) is 5.56 Å². The summed E-state index contributed by atoms with van der Waals surface area (Å²) in [7, 11) is 0. The van der Waals surface area contributed by atoms with Crippen LogP contribution in [0.1, 0.15) is 24.0 Å². The average molecular weight is 376 g/mol. The largest absolute Gasteiger partial charge is 0.354 e. The van der Waals surface area contributed by atoms with Crippen molar-refractivity contribution in [2.75, 3.05) is 23.3 Å². The first-order chi connectivity index (χ1) is 13.6. The first kappa shape index (κ1) is 18.2. The quantitative estimate of drug-likeness (QED) is 0.757. The van der Waals surface area contributed by atoms with Gasteiger partial charge in [0.2, 0.25) is 5.91 Å². The monoisotopic (exact) mass is 376 g/mol. The van der Waals surface area contributed by atoms with Gasteiger partial charge in [0.25, 0.3) is 0 Å². The van der Waals surface area contributed by atoms with Gasteiger partial charge >= 0.3 is 0 Å². The lowest BCUT2D eigenvalue weighted by molar-refractivity contribution is -0.120. The number of hydrogen-bond acceptors (Lipinski definition) is 5. The average Bonchev–Trinajstić information content (AvgIpc) is 3.25. The number of carbonyl (C=O) groups is 1. The van der Waals surface area contributed by atoms with Gasteiger partial charge in [-0.1, -0.05) is 17.7 Å². The highest BCUT2D eigenvalue weighted by Crippen LogP contribution is 2.24. The van der Waals surface area contributed by atoms with Gasteiger partial charge in [0.05, 0.1) is 5.92 Å². The molecule has 0 aliphatic carbocycles. The zero-order valence-corrected chi connectivity index (χ0v) is 16.2. The molecule has 7 nitrogen and oxygen atoms in total. The third-order valence-corrected chi connectivity index (χ3v) is 5.16. The van der Waals surface area contributed by atoms with Crippen molar-refractivity contribution in [3.05, 3.63) is 60.2 Å². The lowest BCUT2D eigenvalue weighted by Gasteiger charge is -2.32. The van der Waals surface area contributed by atoms with Crippen LogP contribution >= 0.6 is 0 Å². The zero-order valence-electron chi connectivity index (χ0n) is 16.2. The summed E-state index contributed by atoms with van der Waals surface area (Å²) in [5.41, 5.74) is 3.16. The van der Waals surface area contributed by atoms with E-state index in [1.54, 1.807) is 12.5 Å². The van der Waals surface area contributed by atoms with E-state index in [2.05, 4.69) is 38.4 Å². The van der Waals surface area contributed by atoms with Gasteiger partial charge in [-0.15, -0.1) is 10.2 Å². The summed E-state index contributed by atoms with van der Waals surface area (Å²) in [6.45, 7) is 5.60. The molecule has 1 N–H and O–H groups in total. The van der Waals surface area contributed by atoms with Crippen molar-refractivity contribution in [1.82, 2.24) is 19.7 Å². The van der Waals surface area contributed by atoms with Crippen molar-refractivity contribution < 1.29 is 4.79 Å². The number of nitrogens with one attached hydrogen (secondary N) is 1. The Kier molecular flexibility index (Phi) is 5.06. The fourth-order valence-electron chi connectivity index (χ4n) is 3.61. The van der Waals surface area contributed by atoms with Gasteiger partial charge in [-0.2, -0.15) is 0 Å². The van der Waals surface area contributed by atoms with Gasteiger partial charge in [-0.25, -0.2) is 4.98 Å². The molecule has 1 aromatic carbocycles. The maximum atomic E-state index is 12.8. The van der Waals surface area contributed by atoms with Crippen molar-refractivity contribution in [1.29, 1.82) is 0 Å². The summed E-state index contributed by atoms with van der Waals surface area (Å²) >= 11 is 0. The molecule has 7 heteroatoms. The fraction of sp³-hybridized carbons (Fsp3) is 0.333. The number of aromatic nitrogens is 4. The van der Waals surface area contributed by atoms with E-state index >= 15 is 0 Å². The van der Waals surface area contributed by atoms with Crippen LogP contribution in [-0.2, 0) is 4.79 Å². The van der Waals surface area contributed by atoms with Gasteiger partial charge in [-0.3, -0.25) is 9.36 Å². The van der Waals surface area contributed by atoms with Gasteiger partial charge in [-0.05, 0) is 50.5 Å². The number of carbonyl (C=O) groups excluding carboxylic acids is 1. The van der Waals surface area contributed by atoms with Crippen LogP contribution in [0.25, 0.3) is 5.82 Å². The van der Waals surface area contributed by atoms with Crippen molar-refractivity contribution in [3.8, 4) is 5.82 Å². The zero-order chi connectivity index (χ0) is 19.5. The molecule has 1 saturated heterocycles. The summed E-state index contributed by atoms with van der Waals surface area (Å²) in [4.78, 5) is 19.0. The van der Waals surface area contributed by atoms with Crippen molar-refractivity contribution in [2.45, 2.75) is 26.7 Å². The van der Waals surface area contributed by atoms with Crippen LogP contribution in [0.4, 0.5) is 11.5 Å². The minimum Gasteiger partial charge on any atom is -0.354 e. The molecule has 1 aliphatic rings. The number of nitrogens with zero attached hydrogens (tertiary/aromatic N) is 5. The van der Waals surface area contributed by atoms with Crippen LogP contribution < -0.4 is 10.2 Å². The van der Waals surface area contributed by atoms with E-state index < -0.39 is 0 Å². The molecule has 0 saturated carbocycles. The standard InChI is InChI=1S/C21H24N6O/c1-15-5-6-18(16(2)12-15)23-21(28)17-4-3-10-26(13-17)19-7-8-20(25-24-19)27-11-9-22-14-27/h5-9,11-12,14,17H,3-4,10,13H2,1-2H3,(H,23,28). The van der Waals surface area contributed by atoms with Crippen LogP contribution in [0.2, 0.25) is 0 Å². The smallest absolute Gasteiger partial charge is 0.229 e. The highest BCUT2D eigenvalue weighted by atomic mass is 16.1. The number of rotatable bonds is 4. The SMILES string of the molecule is Cc1ccc(NC(=O)C2CCCN(c3ccc(-n4ccnc4)nn3)C2)c(C)c1. The third-order valence-electron chi connectivity index (χ3n) is 5.16. The van der Waals surface area contributed by atoms with Crippen molar-refractivity contribution in [2.24, 2.45) is 5.92 Å². The van der Waals surface area contributed by atoms with E-state index in [0.29, 0.717) is 6.54 Å². The number of piperidine rings is 1. The second-order valence-corrected chi connectivity index (χ2v) is 7.31. The maximum Gasteiger partial charge on any atom is 0.229 e. The topological polar surface area (TPSA) is 75.9 Å². The number of anilines is 2. The van der Waals surface area contributed by atoms with Crippen LogP contribution in [0.3, 0.4) is 0 Å². The highest BCUT2D eigenvalue weighted by Gasteiger charge is 2.27. The molecule has 28 heavy (non-hydrogen) atoms. The fourth-order valence-corrected chi connectivity index (χ4v) is 3.61. The van der Waals surface area contributed by atoms with Crippen LogP contribution in [-0.4, -0.2) is 38.7 Å². The molecular formula is C21H24N6O. The summed E-state index contributed by atoms with van der Waals surface area (Å²) in [6, 6.07) is 9.95. The summed E-state index contributed by atoms with van der Waals surface area (Å²) in [6.07, 6.45) is 7.07. The molecule has 3 aromatic rings. The number of amides is 1. The Bertz CT molecular complexity index is 952. The van der Waals surface area contributed by atoms with Crippen LogP contribution in [0, 0.1) is 19.8 Å². The lowest BCUT2D eigenvalue weighted by atomic mass is 9.96. The molecule has 1 fully saturated rings. The lowest BCUT2D eigenvalue weighted by Crippen LogP contribution is -2.41. The van der Waals surface area contributed by atoms with Gasteiger partial charge in [0.1, 0.15) is 6.33 Å². The Labute approximate surface area is 164 Å². The Morgan fingerprint density at radius 1 is 1.14 bits per heavy atom. The van der Waals surface area contributed by atoms with E-state index in [1.807, 2.05) is 42.0 Å². The number of aryl methyl sites for hydroxylation is 2. The molecule has 2 aromatic heterocycles. The molecule has 0 radical (unpaired) electrons. The molecule has 1 unspecified atom stereocenters. The number of hydrogen-bond donors (Lipinski definition) is 1. The molecule has 1 atom stereocenters. The predicted molar refractivity (Wildman–Crippen MR) is 109 cm³/mol. The molecule has 3 heterocycles. The van der Waals surface area contributed by atoms with E-state index in [9.17, 15) is 4.79 Å². The van der Waals surface area contributed by atoms with E-state index in [4.69, 9.17) is 0 Å². The normalized spacial score (nSPS) is 16.8. The molecule has 144 valence electrons. The third kappa shape index (κ3) is 3.88. The van der Waals surface area contributed by atoms with Crippen LogP contribution in [0.15, 0.2) is 49.1 Å². The van der Waals surface area contributed by atoms with Gasteiger partial charge in [0.15, 0.2) is 11.6 Å². The summed E-state index contributed by atoms with van der Waals surface area (Å²) < 4.78 is 1.81. The second-order valence-electron chi connectivity index (χ2n) is 7.31. The highest BCUT2D eigenvalue weighted by molar-refractivity contribution is 5.93. The maximum absolute atomic E-state index is 12.8. The molecule has 0 spiro atoms. The Morgan fingerprint density at radius 3 is 2.68 bits per heavy atom. The molecule has 0 bridgehead atoms. The van der Waals surface area contributed by atoms with Gasteiger partial charge in [0, 0.05) is 31.2 Å². The molecular weight excluding hydrogens is 352 g/mol. The summed E-state index contributed by atoms with van der Waals surface area (Å²) in [5, 5.41) is 11.7. The van der Waals surface area contributed by atoms with Crippen molar-refractivity contribution >= 4 is 17.4 Å².